The highest BCUT2D eigenvalue weighted by Crippen LogP contribution is 2.18. The topological polar surface area (TPSA) is 45.2 Å². The van der Waals surface area contributed by atoms with Crippen LogP contribution in [0.3, 0.4) is 0 Å². The summed E-state index contributed by atoms with van der Waals surface area (Å²) in [4.78, 5) is 18.3. The lowest BCUT2D eigenvalue weighted by Gasteiger charge is -2.29. The van der Waals surface area contributed by atoms with Crippen LogP contribution in [0.2, 0.25) is 5.02 Å². The van der Waals surface area contributed by atoms with Gasteiger partial charge in [-0.3, -0.25) is 9.78 Å². The molecule has 0 saturated carbocycles. The zero-order valence-electron chi connectivity index (χ0n) is 11.2. The van der Waals surface area contributed by atoms with Gasteiger partial charge in [0.05, 0.1) is 10.6 Å². The van der Waals surface area contributed by atoms with Gasteiger partial charge in [0, 0.05) is 25.5 Å². The maximum Gasteiger partial charge on any atom is 0.255 e. The van der Waals surface area contributed by atoms with Crippen LogP contribution in [0.4, 0.5) is 0 Å². The van der Waals surface area contributed by atoms with E-state index in [0.29, 0.717) is 23.0 Å². The molecule has 1 amide bonds. The lowest BCUT2D eigenvalue weighted by atomic mass is 9.99. The number of piperidine rings is 1. The van der Waals surface area contributed by atoms with E-state index in [1.807, 2.05) is 11.8 Å². The van der Waals surface area contributed by atoms with Crippen LogP contribution in [-0.2, 0) is 0 Å². The van der Waals surface area contributed by atoms with Gasteiger partial charge in [-0.1, -0.05) is 11.6 Å². The van der Waals surface area contributed by atoms with E-state index < -0.39 is 0 Å². The van der Waals surface area contributed by atoms with Crippen LogP contribution in [0.25, 0.3) is 0 Å². The molecule has 1 aliphatic rings. The van der Waals surface area contributed by atoms with Crippen molar-refractivity contribution in [1.29, 1.82) is 0 Å². The first-order valence-electron chi connectivity index (χ1n) is 6.82. The average Bonchev–Trinajstić information content (AvgIpc) is 2.46. The van der Waals surface area contributed by atoms with Crippen molar-refractivity contribution in [2.75, 3.05) is 26.2 Å². The second-order valence-electron chi connectivity index (χ2n) is 4.91. The molecule has 5 heteroatoms. The molecule has 2 rings (SSSR count). The summed E-state index contributed by atoms with van der Waals surface area (Å²) in [6, 6.07) is 1.69. The first-order valence-corrected chi connectivity index (χ1v) is 7.19. The van der Waals surface area contributed by atoms with Crippen molar-refractivity contribution in [3.05, 3.63) is 29.0 Å². The largest absolute Gasteiger partial charge is 0.339 e. The van der Waals surface area contributed by atoms with Crippen molar-refractivity contribution in [3.63, 3.8) is 0 Å². The van der Waals surface area contributed by atoms with Crippen molar-refractivity contribution in [1.82, 2.24) is 15.2 Å². The normalized spacial score (nSPS) is 19.2. The van der Waals surface area contributed by atoms with Crippen molar-refractivity contribution in [2.24, 2.45) is 5.92 Å². The zero-order chi connectivity index (χ0) is 13.7. The predicted molar refractivity (Wildman–Crippen MR) is 76.4 cm³/mol. The third-order valence-electron chi connectivity index (χ3n) is 3.55. The number of aromatic nitrogens is 1. The number of pyridine rings is 1. The molecule has 1 aliphatic heterocycles. The Morgan fingerprint density at radius 1 is 1.63 bits per heavy atom. The van der Waals surface area contributed by atoms with Crippen LogP contribution >= 0.6 is 11.6 Å². The highest BCUT2D eigenvalue weighted by molar-refractivity contribution is 6.33. The van der Waals surface area contributed by atoms with Crippen LogP contribution in [0.5, 0.6) is 0 Å². The number of halogens is 1. The number of hydrogen-bond acceptors (Lipinski definition) is 3. The van der Waals surface area contributed by atoms with E-state index in [9.17, 15) is 4.79 Å². The molecule has 1 N–H and O–H groups in total. The van der Waals surface area contributed by atoms with Crippen LogP contribution < -0.4 is 5.32 Å². The summed E-state index contributed by atoms with van der Waals surface area (Å²) in [5, 5.41) is 3.80. The van der Waals surface area contributed by atoms with Gasteiger partial charge < -0.3 is 10.2 Å². The molecule has 19 heavy (non-hydrogen) atoms. The van der Waals surface area contributed by atoms with Crippen LogP contribution in [-0.4, -0.2) is 42.0 Å². The van der Waals surface area contributed by atoms with Gasteiger partial charge in [-0.15, -0.1) is 0 Å². The van der Waals surface area contributed by atoms with Gasteiger partial charge in [0.15, 0.2) is 0 Å². The fourth-order valence-corrected chi connectivity index (χ4v) is 2.67. The van der Waals surface area contributed by atoms with Crippen molar-refractivity contribution in [3.8, 4) is 0 Å². The summed E-state index contributed by atoms with van der Waals surface area (Å²) in [5.74, 6) is 0.540. The summed E-state index contributed by atoms with van der Waals surface area (Å²) in [6.45, 7) is 5.58. The second-order valence-corrected chi connectivity index (χ2v) is 5.32. The third-order valence-corrected chi connectivity index (χ3v) is 3.85. The SMILES string of the molecule is CCN(CC1CCCNC1)C(=O)c1ccncc1Cl. The Balaban J connectivity index is 2.04. The molecule has 0 bridgehead atoms. The quantitative estimate of drug-likeness (QED) is 0.920. The number of amides is 1. The van der Waals surface area contributed by atoms with E-state index in [0.717, 1.165) is 19.6 Å². The van der Waals surface area contributed by atoms with E-state index in [1.165, 1.54) is 19.0 Å². The summed E-state index contributed by atoms with van der Waals surface area (Å²) in [5.41, 5.74) is 0.544. The summed E-state index contributed by atoms with van der Waals surface area (Å²) < 4.78 is 0. The Morgan fingerprint density at radius 3 is 3.11 bits per heavy atom. The Bertz CT molecular complexity index is 432. The molecule has 104 valence electrons. The number of carbonyl (C=O) groups is 1. The van der Waals surface area contributed by atoms with Crippen LogP contribution in [0.15, 0.2) is 18.5 Å². The molecule has 1 fully saturated rings. The first-order chi connectivity index (χ1) is 9.22. The lowest BCUT2D eigenvalue weighted by molar-refractivity contribution is 0.0729. The Hall–Kier alpha value is -1.13. The molecule has 0 spiro atoms. The molecule has 1 unspecified atom stereocenters. The van der Waals surface area contributed by atoms with Gasteiger partial charge in [0.25, 0.3) is 5.91 Å². The summed E-state index contributed by atoms with van der Waals surface area (Å²) >= 11 is 6.04. The van der Waals surface area contributed by atoms with Crippen molar-refractivity contribution in [2.45, 2.75) is 19.8 Å². The standard InChI is InChI=1S/C14H20ClN3O/c1-2-18(10-11-4-3-6-16-8-11)14(19)12-5-7-17-9-13(12)15/h5,7,9,11,16H,2-4,6,8,10H2,1H3. The number of rotatable bonds is 4. The van der Waals surface area contributed by atoms with Gasteiger partial charge in [-0.05, 0) is 44.8 Å². The summed E-state index contributed by atoms with van der Waals surface area (Å²) in [6.07, 6.45) is 5.49. The predicted octanol–water partition coefficient (Wildman–Crippen LogP) is 2.20. The monoisotopic (exact) mass is 281 g/mol. The fraction of sp³-hybridized carbons (Fsp3) is 0.571. The van der Waals surface area contributed by atoms with E-state index in [-0.39, 0.29) is 5.91 Å². The molecule has 1 saturated heterocycles. The number of nitrogens with one attached hydrogen (secondary N) is 1. The Labute approximate surface area is 119 Å². The first kappa shape index (κ1) is 14.3. The number of nitrogens with zero attached hydrogens (tertiary/aromatic N) is 2. The molecule has 2 heterocycles. The highest BCUT2D eigenvalue weighted by atomic mass is 35.5. The molecule has 0 aliphatic carbocycles. The minimum absolute atomic E-state index is 0.000438. The second kappa shape index (κ2) is 6.87. The van der Waals surface area contributed by atoms with Gasteiger partial charge in [0.2, 0.25) is 0 Å². The molecule has 1 aromatic rings. The lowest BCUT2D eigenvalue weighted by Crippen LogP contribution is -2.41. The number of carbonyl (C=O) groups excluding carboxylic acids is 1. The van der Waals surface area contributed by atoms with E-state index in [2.05, 4.69) is 10.3 Å². The number of hydrogen-bond donors (Lipinski definition) is 1. The van der Waals surface area contributed by atoms with Crippen LogP contribution in [0.1, 0.15) is 30.1 Å². The molecule has 0 aromatic carbocycles. The molecular weight excluding hydrogens is 262 g/mol. The van der Waals surface area contributed by atoms with E-state index in [4.69, 9.17) is 11.6 Å². The Kier molecular flexibility index (Phi) is 5.16. The van der Waals surface area contributed by atoms with E-state index >= 15 is 0 Å². The minimum Gasteiger partial charge on any atom is -0.339 e. The maximum absolute atomic E-state index is 12.5. The van der Waals surface area contributed by atoms with Gasteiger partial charge in [0.1, 0.15) is 0 Å². The van der Waals surface area contributed by atoms with E-state index in [1.54, 1.807) is 12.3 Å². The van der Waals surface area contributed by atoms with Gasteiger partial charge >= 0.3 is 0 Å². The van der Waals surface area contributed by atoms with Crippen molar-refractivity contribution < 1.29 is 4.79 Å². The van der Waals surface area contributed by atoms with Gasteiger partial charge in [-0.2, -0.15) is 0 Å². The molecule has 1 atom stereocenters. The Morgan fingerprint density at radius 2 is 2.47 bits per heavy atom. The smallest absolute Gasteiger partial charge is 0.255 e. The average molecular weight is 282 g/mol. The highest BCUT2D eigenvalue weighted by Gasteiger charge is 2.21. The van der Waals surface area contributed by atoms with Crippen LogP contribution in [0, 0.1) is 5.92 Å². The fourth-order valence-electron chi connectivity index (χ4n) is 2.47. The summed E-state index contributed by atoms with van der Waals surface area (Å²) in [7, 11) is 0. The molecular formula is C14H20ClN3O. The molecule has 1 aromatic heterocycles. The van der Waals surface area contributed by atoms with Gasteiger partial charge in [-0.25, -0.2) is 0 Å². The molecule has 0 radical (unpaired) electrons. The zero-order valence-corrected chi connectivity index (χ0v) is 12.0. The third kappa shape index (κ3) is 3.67. The molecule has 4 nitrogen and oxygen atoms in total. The van der Waals surface area contributed by atoms with Crippen molar-refractivity contribution >= 4 is 17.5 Å². The minimum atomic E-state index is 0.000438. The maximum atomic E-state index is 12.5.